The molecule has 0 spiro atoms. The first-order chi connectivity index (χ1) is 7.18. The predicted molar refractivity (Wildman–Crippen MR) is 77.3 cm³/mol. The number of unbranched alkanes of at least 4 members (excludes halogenated alkanes) is 5. The van der Waals surface area contributed by atoms with Crippen molar-refractivity contribution in [1.29, 1.82) is 0 Å². The second kappa shape index (κ2) is 10.2. The number of ether oxygens (including phenoxy) is 1. The van der Waals surface area contributed by atoms with Crippen LogP contribution < -0.4 is 0 Å². The van der Waals surface area contributed by atoms with Crippen molar-refractivity contribution in [3.63, 3.8) is 0 Å². The Morgan fingerprint density at radius 2 is 1.73 bits per heavy atom. The van der Waals surface area contributed by atoms with Gasteiger partial charge in [0.25, 0.3) is 0 Å². The molecule has 1 atom stereocenters. The number of halogens is 2. The van der Waals surface area contributed by atoms with Crippen molar-refractivity contribution in [1.82, 2.24) is 0 Å². The average Bonchev–Trinajstić information content (AvgIpc) is 2.27. The van der Waals surface area contributed by atoms with Gasteiger partial charge < -0.3 is 4.74 Å². The highest BCUT2D eigenvalue weighted by atomic mass is 127. The van der Waals surface area contributed by atoms with E-state index >= 15 is 0 Å². The van der Waals surface area contributed by atoms with Gasteiger partial charge in [0.05, 0.1) is 11.5 Å². The highest BCUT2D eigenvalue weighted by molar-refractivity contribution is 14.1. The molecule has 0 N–H and O–H groups in total. The molecular weight excluding hydrogens is 322 g/mol. The van der Waals surface area contributed by atoms with Crippen LogP contribution >= 0.6 is 34.2 Å². The van der Waals surface area contributed by atoms with Gasteiger partial charge in [0.15, 0.2) is 0 Å². The summed E-state index contributed by atoms with van der Waals surface area (Å²) in [6, 6.07) is 0. The van der Waals surface area contributed by atoms with E-state index in [4.69, 9.17) is 16.3 Å². The van der Waals surface area contributed by atoms with Crippen molar-refractivity contribution in [3.05, 3.63) is 0 Å². The van der Waals surface area contributed by atoms with Crippen molar-refractivity contribution in [2.45, 2.75) is 58.0 Å². The number of hydrogen-bond acceptors (Lipinski definition) is 1. The van der Waals surface area contributed by atoms with Crippen LogP contribution in [-0.4, -0.2) is 22.5 Å². The molecule has 0 saturated heterocycles. The lowest BCUT2D eigenvalue weighted by Gasteiger charge is -2.25. The van der Waals surface area contributed by atoms with E-state index in [0.29, 0.717) is 5.88 Å². The third kappa shape index (κ3) is 8.75. The molecule has 0 amide bonds. The number of alkyl halides is 2. The quantitative estimate of drug-likeness (QED) is 0.314. The van der Waals surface area contributed by atoms with Crippen LogP contribution in [0, 0.1) is 0 Å². The van der Waals surface area contributed by atoms with Crippen LogP contribution in [0.15, 0.2) is 0 Å². The predicted octanol–water partition coefficient (Wildman–Crippen LogP) is 4.80. The topological polar surface area (TPSA) is 9.23 Å². The fourth-order valence-corrected chi connectivity index (χ4v) is 2.29. The highest BCUT2D eigenvalue weighted by Crippen LogP contribution is 2.17. The van der Waals surface area contributed by atoms with Gasteiger partial charge in [-0.15, -0.1) is 11.6 Å². The summed E-state index contributed by atoms with van der Waals surface area (Å²) >= 11 is 8.20. The van der Waals surface area contributed by atoms with E-state index in [-0.39, 0.29) is 5.60 Å². The molecule has 0 rings (SSSR count). The lowest BCUT2D eigenvalue weighted by molar-refractivity contribution is 0.00380. The lowest BCUT2D eigenvalue weighted by Crippen LogP contribution is -2.33. The zero-order valence-corrected chi connectivity index (χ0v) is 12.9. The van der Waals surface area contributed by atoms with Crippen molar-refractivity contribution in [3.8, 4) is 0 Å². The van der Waals surface area contributed by atoms with Crippen molar-refractivity contribution in [2.75, 3.05) is 16.9 Å². The van der Waals surface area contributed by atoms with Gasteiger partial charge in [0.2, 0.25) is 0 Å². The van der Waals surface area contributed by atoms with Gasteiger partial charge in [-0.05, 0) is 13.3 Å². The van der Waals surface area contributed by atoms with Crippen LogP contribution in [0.2, 0.25) is 0 Å². The molecule has 3 heteroatoms. The van der Waals surface area contributed by atoms with Crippen LogP contribution in [0.1, 0.15) is 52.4 Å². The smallest absolute Gasteiger partial charge is 0.0878 e. The summed E-state index contributed by atoms with van der Waals surface area (Å²) in [7, 11) is 0. The van der Waals surface area contributed by atoms with E-state index in [1.54, 1.807) is 0 Å². The summed E-state index contributed by atoms with van der Waals surface area (Å²) in [6.45, 7) is 5.19. The van der Waals surface area contributed by atoms with E-state index in [9.17, 15) is 0 Å². The summed E-state index contributed by atoms with van der Waals surface area (Å²) in [4.78, 5) is 0. The van der Waals surface area contributed by atoms with Gasteiger partial charge in [0, 0.05) is 11.0 Å². The lowest BCUT2D eigenvalue weighted by atomic mass is 10.1. The van der Waals surface area contributed by atoms with Gasteiger partial charge in [-0.25, -0.2) is 0 Å². The van der Waals surface area contributed by atoms with E-state index in [1.165, 1.54) is 38.5 Å². The molecule has 0 aliphatic rings. The van der Waals surface area contributed by atoms with E-state index < -0.39 is 0 Å². The van der Waals surface area contributed by atoms with Crippen LogP contribution in [0.5, 0.6) is 0 Å². The van der Waals surface area contributed by atoms with Gasteiger partial charge in [-0.1, -0.05) is 61.6 Å². The van der Waals surface area contributed by atoms with Gasteiger partial charge in [0.1, 0.15) is 0 Å². The zero-order chi connectivity index (χ0) is 11.6. The molecular formula is C12H24ClIO. The SMILES string of the molecule is CCCCCCCCOC(C)(CCl)CI. The Kier molecular flexibility index (Phi) is 10.8. The zero-order valence-electron chi connectivity index (χ0n) is 10.0. The molecule has 0 aromatic carbocycles. The summed E-state index contributed by atoms with van der Waals surface area (Å²) in [6.07, 6.45) is 7.87. The second-order valence-corrected chi connectivity index (χ2v) is 5.36. The molecule has 92 valence electrons. The third-order valence-electron chi connectivity index (χ3n) is 2.51. The fourth-order valence-electron chi connectivity index (χ4n) is 1.31. The number of hydrogen-bond donors (Lipinski definition) is 0. The monoisotopic (exact) mass is 346 g/mol. The molecule has 0 heterocycles. The first-order valence-electron chi connectivity index (χ1n) is 5.94. The van der Waals surface area contributed by atoms with Crippen molar-refractivity contribution in [2.24, 2.45) is 0 Å². The maximum absolute atomic E-state index is 5.86. The normalized spacial score (nSPS) is 15.2. The molecule has 1 unspecified atom stereocenters. The fraction of sp³-hybridized carbons (Fsp3) is 1.00. The van der Waals surface area contributed by atoms with Crippen LogP contribution in [0.4, 0.5) is 0 Å². The molecule has 0 saturated carbocycles. The molecule has 0 aliphatic heterocycles. The third-order valence-corrected chi connectivity index (χ3v) is 4.69. The standard InChI is InChI=1S/C12H24ClIO/c1-3-4-5-6-7-8-9-15-12(2,10-13)11-14/h3-11H2,1-2H3. The number of rotatable bonds is 10. The van der Waals surface area contributed by atoms with Gasteiger partial charge in [-0.3, -0.25) is 0 Å². The summed E-state index contributed by atoms with van der Waals surface area (Å²) in [5, 5.41) is 0. The van der Waals surface area contributed by atoms with Crippen molar-refractivity contribution < 1.29 is 4.74 Å². The molecule has 1 nitrogen and oxygen atoms in total. The summed E-state index contributed by atoms with van der Waals surface area (Å²) in [5.41, 5.74) is -0.120. The van der Waals surface area contributed by atoms with Crippen LogP contribution in [0.3, 0.4) is 0 Å². The maximum atomic E-state index is 5.86. The van der Waals surface area contributed by atoms with E-state index in [0.717, 1.165) is 11.0 Å². The minimum atomic E-state index is -0.120. The van der Waals surface area contributed by atoms with Gasteiger partial charge >= 0.3 is 0 Å². The Balaban J connectivity index is 3.29. The maximum Gasteiger partial charge on any atom is 0.0878 e. The molecule has 15 heavy (non-hydrogen) atoms. The molecule has 0 aromatic heterocycles. The van der Waals surface area contributed by atoms with Crippen molar-refractivity contribution >= 4 is 34.2 Å². The van der Waals surface area contributed by atoms with Gasteiger partial charge in [-0.2, -0.15) is 0 Å². The first-order valence-corrected chi connectivity index (χ1v) is 8.00. The Morgan fingerprint density at radius 1 is 1.13 bits per heavy atom. The van der Waals surface area contributed by atoms with E-state index in [1.807, 2.05) is 0 Å². The molecule has 0 bridgehead atoms. The Labute approximate surface area is 113 Å². The first kappa shape index (κ1) is 16.0. The van der Waals surface area contributed by atoms with E-state index in [2.05, 4.69) is 36.4 Å². The Bertz CT molecular complexity index is 138. The Morgan fingerprint density at radius 3 is 2.27 bits per heavy atom. The highest BCUT2D eigenvalue weighted by Gasteiger charge is 2.21. The summed E-state index contributed by atoms with van der Waals surface area (Å²) in [5.74, 6) is 0.589. The average molecular weight is 347 g/mol. The van der Waals surface area contributed by atoms with Crippen LogP contribution in [0.25, 0.3) is 0 Å². The molecule has 0 fully saturated rings. The minimum Gasteiger partial charge on any atom is -0.373 e. The molecule has 0 aromatic rings. The largest absolute Gasteiger partial charge is 0.373 e. The molecule has 0 aliphatic carbocycles. The van der Waals surface area contributed by atoms with Crippen LogP contribution in [-0.2, 0) is 4.74 Å². The summed E-state index contributed by atoms with van der Waals surface area (Å²) < 4.78 is 6.76. The molecule has 0 radical (unpaired) electrons. The second-order valence-electron chi connectivity index (χ2n) is 4.33. The Hall–Kier alpha value is 0.980. The minimum absolute atomic E-state index is 0.120.